The molecule has 0 aromatic heterocycles. The first-order chi connectivity index (χ1) is 9.72. The molecule has 0 atom stereocenters. The topological polar surface area (TPSA) is 56.7 Å². The van der Waals surface area contributed by atoms with Gasteiger partial charge in [-0.05, 0) is 25.3 Å². The minimum Gasteiger partial charge on any atom is -0.388 e. The molecular formula is C16H26IN3O. The van der Waals surface area contributed by atoms with Crippen molar-refractivity contribution in [2.45, 2.75) is 44.8 Å². The van der Waals surface area contributed by atoms with Crippen molar-refractivity contribution in [2.24, 2.45) is 4.99 Å². The molecule has 3 N–H and O–H groups in total. The van der Waals surface area contributed by atoms with Crippen LogP contribution in [0.5, 0.6) is 0 Å². The summed E-state index contributed by atoms with van der Waals surface area (Å²) in [5.74, 6) is 0.775. The van der Waals surface area contributed by atoms with Gasteiger partial charge in [0.05, 0.1) is 12.1 Å². The Bertz CT molecular complexity index is 430. The van der Waals surface area contributed by atoms with E-state index in [0.717, 1.165) is 38.2 Å². The van der Waals surface area contributed by atoms with E-state index in [1.165, 1.54) is 5.56 Å². The molecule has 118 valence electrons. The largest absolute Gasteiger partial charge is 0.388 e. The molecule has 0 spiro atoms. The first-order valence-electron chi connectivity index (χ1n) is 7.50. The number of nitrogens with one attached hydrogen (secondary N) is 2. The summed E-state index contributed by atoms with van der Waals surface area (Å²) in [6, 6.07) is 10.2. The van der Waals surface area contributed by atoms with Crippen LogP contribution in [0.25, 0.3) is 0 Å². The van der Waals surface area contributed by atoms with Gasteiger partial charge >= 0.3 is 0 Å². The fourth-order valence-corrected chi connectivity index (χ4v) is 2.55. The number of aliphatic imine (C=N–C) groups is 1. The van der Waals surface area contributed by atoms with E-state index in [9.17, 15) is 5.11 Å². The third kappa shape index (κ3) is 6.22. The van der Waals surface area contributed by atoms with Gasteiger partial charge in [-0.15, -0.1) is 24.0 Å². The van der Waals surface area contributed by atoms with Crippen molar-refractivity contribution in [3.63, 3.8) is 0 Å². The van der Waals surface area contributed by atoms with Crippen molar-refractivity contribution in [3.8, 4) is 0 Å². The molecule has 5 heteroatoms. The van der Waals surface area contributed by atoms with E-state index in [0.29, 0.717) is 13.1 Å². The van der Waals surface area contributed by atoms with Crippen LogP contribution in [0, 0.1) is 0 Å². The van der Waals surface area contributed by atoms with Crippen molar-refractivity contribution in [1.82, 2.24) is 10.6 Å². The molecule has 21 heavy (non-hydrogen) atoms. The van der Waals surface area contributed by atoms with Gasteiger partial charge in [-0.1, -0.05) is 43.2 Å². The van der Waals surface area contributed by atoms with Gasteiger partial charge in [0.1, 0.15) is 0 Å². The number of rotatable bonds is 5. The van der Waals surface area contributed by atoms with E-state index >= 15 is 0 Å². The quantitative estimate of drug-likeness (QED) is 0.403. The second-order valence-electron chi connectivity index (χ2n) is 5.47. The summed E-state index contributed by atoms with van der Waals surface area (Å²) >= 11 is 0. The van der Waals surface area contributed by atoms with Gasteiger partial charge < -0.3 is 15.7 Å². The van der Waals surface area contributed by atoms with E-state index in [2.05, 4.69) is 27.8 Å². The van der Waals surface area contributed by atoms with Gasteiger partial charge in [-0.25, -0.2) is 4.99 Å². The molecule has 1 aromatic rings. The van der Waals surface area contributed by atoms with Crippen LogP contribution in [0.15, 0.2) is 35.3 Å². The van der Waals surface area contributed by atoms with Crippen LogP contribution in [0.4, 0.5) is 0 Å². The summed E-state index contributed by atoms with van der Waals surface area (Å²) in [5, 5.41) is 16.8. The lowest BCUT2D eigenvalue weighted by molar-refractivity contribution is 0.0522. The average molecular weight is 403 g/mol. The van der Waals surface area contributed by atoms with Crippen molar-refractivity contribution in [2.75, 3.05) is 13.1 Å². The highest BCUT2D eigenvalue weighted by atomic mass is 127. The zero-order valence-corrected chi connectivity index (χ0v) is 15.0. The predicted molar refractivity (Wildman–Crippen MR) is 98.1 cm³/mol. The van der Waals surface area contributed by atoms with Crippen LogP contribution < -0.4 is 10.6 Å². The minimum absolute atomic E-state index is 0. The summed E-state index contributed by atoms with van der Waals surface area (Å²) in [4.78, 5) is 4.56. The highest BCUT2D eigenvalue weighted by molar-refractivity contribution is 14.0. The summed E-state index contributed by atoms with van der Waals surface area (Å²) in [7, 11) is 0. The Hall–Kier alpha value is -0.820. The minimum atomic E-state index is -0.553. The van der Waals surface area contributed by atoms with Gasteiger partial charge in [0.2, 0.25) is 0 Å². The first kappa shape index (κ1) is 18.2. The average Bonchev–Trinajstić information content (AvgIpc) is 2.90. The van der Waals surface area contributed by atoms with Crippen molar-refractivity contribution < 1.29 is 5.11 Å². The van der Waals surface area contributed by atoms with Crippen LogP contribution in [0.1, 0.15) is 38.2 Å². The predicted octanol–water partition coefficient (Wildman–Crippen LogP) is 2.66. The number of guanidine groups is 1. The number of hydrogen-bond acceptors (Lipinski definition) is 2. The van der Waals surface area contributed by atoms with Crippen molar-refractivity contribution in [1.29, 1.82) is 0 Å². The van der Waals surface area contributed by atoms with E-state index < -0.39 is 5.60 Å². The van der Waals surface area contributed by atoms with Crippen LogP contribution in [-0.2, 0) is 6.54 Å². The first-order valence-corrected chi connectivity index (χ1v) is 7.50. The molecule has 0 amide bonds. The Balaban J connectivity index is 0.00000220. The molecule has 0 aliphatic heterocycles. The molecule has 4 nitrogen and oxygen atoms in total. The third-order valence-electron chi connectivity index (χ3n) is 3.73. The van der Waals surface area contributed by atoms with Gasteiger partial charge in [-0.2, -0.15) is 0 Å². The van der Waals surface area contributed by atoms with E-state index in [1.807, 2.05) is 25.1 Å². The Kier molecular flexibility index (Phi) is 8.03. The molecule has 0 saturated heterocycles. The monoisotopic (exact) mass is 403 g/mol. The molecule has 0 heterocycles. The molecule has 1 saturated carbocycles. The van der Waals surface area contributed by atoms with Crippen LogP contribution in [0.2, 0.25) is 0 Å². The van der Waals surface area contributed by atoms with Crippen molar-refractivity contribution >= 4 is 29.9 Å². The zero-order chi connectivity index (χ0) is 14.3. The van der Waals surface area contributed by atoms with Gasteiger partial charge in [-0.3, -0.25) is 0 Å². The highest BCUT2D eigenvalue weighted by Gasteiger charge is 2.30. The third-order valence-corrected chi connectivity index (χ3v) is 3.73. The molecule has 0 unspecified atom stereocenters. The van der Waals surface area contributed by atoms with E-state index in [4.69, 9.17) is 0 Å². The Morgan fingerprint density at radius 1 is 1.19 bits per heavy atom. The molecular weight excluding hydrogens is 377 g/mol. The SMILES string of the molecule is CCNC(=NCc1ccccc1)NCC1(O)CCCC1.I. The maximum atomic E-state index is 10.3. The van der Waals surface area contributed by atoms with Gasteiger partial charge in [0, 0.05) is 13.1 Å². The smallest absolute Gasteiger partial charge is 0.191 e. The molecule has 1 aliphatic rings. The molecule has 0 bridgehead atoms. The normalized spacial score (nSPS) is 17.1. The second kappa shape index (κ2) is 9.25. The van der Waals surface area contributed by atoms with E-state index in [-0.39, 0.29) is 24.0 Å². The molecule has 1 aromatic carbocycles. The maximum absolute atomic E-state index is 10.3. The summed E-state index contributed by atoms with van der Waals surface area (Å²) in [6.45, 7) is 4.09. The lowest BCUT2D eigenvalue weighted by atomic mass is 10.0. The number of halogens is 1. The second-order valence-corrected chi connectivity index (χ2v) is 5.47. The number of hydrogen-bond donors (Lipinski definition) is 3. The Morgan fingerprint density at radius 2 is 1.86 bits per heavy atom. The fraction of sp³-hybridized carbons (Fsp3) is 0.562. The number of benzene rings is 1. The van der Waals surface area contributed by atoms with Gasteiger partial charge in [0.25, 0.3) is 0 Å². The molecule has 1 aliphatic carbocycles. The highest BCUT2D eigenvalue weighted by Crippen LogP contribution is 2.28. The summed E-state index contributed by atoms with van der Waals surface area (Å²) in [5.41, 5.74) is 0.632. The lowest BCUT2D eigenvalue weighted by Gasteiger charge is -2.23. The van der Waals surface area contributed by atoms with Crippen molar-refractivity contribution in [3.05, 3.63) is 35.9 Å². The van der Waals surface area contributed by atoms with Gasteiger partial charge in [0.15, 0.2) is 5.96 Å². The molecule has 2 rings (SSSR count). The summed E-state index contributed by atoms with van der Waals surface area (Å²) < 4.78 is 0. The molecule has 0 radical (unpaired) electrons. The Morgan fingerprint density at radius 3 is 2.48 bits per heavy atom. The number of aliphatic hydroxyl groups is 1. The maximum Gasteiger partial charge on any atom is 0.191 e. The van der Waals surface area contributed by atoms with Crippen LogP contribution in [-0.4, -0.2) is 29.8 Å². The zero-order valence-electron chi connectivity index (χ0n) is 12.6. The lowest BCUT2D eigenvalue weighted by Crippen LogP contribution is -2.46. The molecule has 1 fully saturated rings. The van der Waals surface area contributed by atoms with E-state index in [1.54, 1.807) is 0 Å². The van der Waals surface area contributed by atoms with Crippen LogP contribution >= 0.6 is 24.0 Å². The fourth-order valence-electron chi connectivity index (χ4n) is 2.55. The Labute approximate surface area is 144 Å². The standard InChI is InChI=1S/C16H25N3O.HI/c1-2-17-15(18-12-14-8-4-3-5-9-14)19-13-16(20)10-6-7-11-16;/h3-5,8-9,20H,2,6-7,10-13H2,1H3,(H2,17,18,19);1H. The summed E-state index contributed by atoms with van der Waals surface area (Å²) in [6.07, 6.45) is 4.02. The van der Waals surface area contributed by atoms with Crippen LogP contribution in [0.3, 0.4) is 0 Å². The number of nitrogens with zero attached hydrogens (tertiary/aromatic N) is 1.